The van der Waals surface area contributed by atoms with Crippen LogP contribution < -0.4 is 14.8 Å². The Morgan fingerprint density at radius 3 is 2.33 bits per heavy atom. The normalized spacial score (nSPS) is 15.7. The molecule has 0 spiro atoms. The van der Waals surface area contributed by atoms with Gasteiger partial charge < -0.3 is 14.8 Å². The van der Waals surface area contributed by atoms with Gasteiger partial charge in [-0.1, -0.05) is 24.3 Å². The molecule has 0 aromatic heterocycles. The summed E-state index contributed by atoms with van der Waals surface area (Å²) in [6.45, 7) is 4.83. The lowest BCUT2D eigenvalue weighted by Crippen LogP contribution is -2.23. The van der Waals surface area contributed by atoms with Gasteiger partial charge in [-0.25, -0.2) is 0 Å². The molecule has 2 aliphatic rings. The zero-order chi connectivity index (χ0) is 20.8. The molecule has 0 bridgehead atoms. The van der Waals surface area contributed by atoms with Crippen LogP contribution >= 0.6 is 0 Å². The summed E-state index contributed by atoms with van der Waals surface area (Å²) in [7, 11) is 0. The van der Waals surface area contributed by atoms with Crippen molar-refractivity contribution in [1.82, 2.24) is 10.2 Å². The molecule has 0 atom stereocenters. The van der Waals surface area contributed by atoms with Crippen molar-refractivity contribution < 1.29 is 19.1 Å². The van der Waals surface area contributed by atoms with E-state index in [4.69, 9.17) is 9.47 Å². The third-order valence-corrected chi connectivity index (χ3v) is 5.56. The minimum atomic E-state index is -0.123. The van der Waals surface area contributed by atoms with Crippen LogP contribution in [0, 0.1) is 0 Å². The average molecular weight is 408 g/mol. The molecule has 1 fully saturated rings. The summed E-state index contributed by atoms with van der Waals surface area (Å²) in [6.07, 6.45) is 2.92. The van der Waals surface area contributed by atoms with Crippen LogP contribution in [0.1, 0.15) is 47.2 Å². The number of hydrogen-bond acceptors (Lipinski definition) is 5. The predicted octanol–water partition coefficient (Wildman–Crippen LogP) is 3.33. The minimum absolute atomic E-state index is 0.0756. The van der Waals surface area contributed by atoms with Gasteiger partial charge in [0.05, 0.1) is 0 Å². The number of fused-ring (bicyclic) bond motifs is 1. The monoisotopic (exact) mass is 408 g/mol. The molecule has 158 valence electrons. The fourth-order valence-corrected chi connectivity index (χ4v) is 3.84. The van der Waals surface area contributed by atoms with Gasteiger partial charge in [0.1, 0.15) is 13.2 Å². The van der Waals surface area contributed by atoms with Gasteiger partial charge in [-0.2, -0.15) is 0 Å². The van der Waals surface area contributed by atoms with Gasteiger partial charge in [0.2, 0.25) is 5.91 Å². The van der Waals surface area contributed by atoms with Crippen LogP contribution in [0.2, 0.25) is 0 Å². The Hall–Kier alpha value is -2.86. The number of likely N-dealkylation sites (tertiary alicyclic amines) is 1. The highest BCUT2D eigenvalue weighted by Gasteiger charge is 2.16. The van der Waals surface area contributed by atoms with Crippen LogP contribution in [0.25, 0.3) is 0 Å². The van der Waals surface area contributed by atoms with Crippen molar-refractivity contribution in [3.63, 3.8) is 0 Å². The van der Waals surface area contributed by atoms with E-state index in [2.05, 4.69) is 34.5 Å². The maximum atomic E-state index is 12.4. The first-order valence-corrected chi connectivity index (χ1v) is 10.7. The number of Topliss-reactive ketones (excluding diaryl/α,β-unsaturated/α-hetero) is 1. The zero-order valence-electron chi connectivity index (χ0n) is 17.2. The van der Waals surface area contributed by atoms with E-state index in [9.17, 15) is 9.59 Å². The third-order valence-electron chi connectivity index (χ3n) is 5.56. The number of carbonyl (C=O) groups is 2. The number of rotatable bonds is 8. The van der Waals surface area contributed by atoms with E-state index in [1.165, 1.54) is 31.5 Å². The molecule has 1 amide bonds. The number of ketones is 1. The minimum Gasteiger partial charge on any atom is -0.486 e. The second kappa shape index (κ2) is 9.76. The molecule has 0 radical (unpaired) electrons. The maximum Gasteiger partial charge on any atom is 0.220 e. The van der Waals surface area contributed by atoms with Gasteiger partial charge in [0.15, 0.2) is 17.3 Å². The van der Waals surface area contributed by atoms with Crippen molar-refractivity contribution in [3.05, 3.63) is 59.2 Å². The molecule has 6 heteroatoms. The fraction of sp³-hybridized carbons (Fsp3) is 0.417. The number of amides is 1. The van der Waals surface area contributed by atoms with E-state index in [0.717, 1.165) is 12.1 Å². The second-order valence-corrected chi connectivity index (χ2v) is 7.86. The van der Waals surface area contributed by atoms with Crippen LogP contribution in [0.4, 0.5) is 0 Å². The van der Waals surface area contributed by atoms with Gasteiger partial charge in [0, 0.05) is 31.5 Å². The molecule has 2 aliphatic heterocycles. The lowest BCUT2D eigenvalue weighted by atomic mass is 10.1. The van der Waals surface area contributed by atoms with E-state index >= 15 is 0 Å². The highest BCUT2D eigenvalue weighted by Crippen LogP contribution is 2.31. The standard InChI is InChI=1S/C24H28N2O4/c27-21(20-7-9-22-23(15-20)30-14-13-29-22)8-10-24(28)25-16-18-3-5-19(6-4-18)17-26-11-1-2-12-26/h3-7,9,15H,1-2,8,10-14,16-17H2,(H,25,28). The van der Waals surface area contributed by atoms with Crippen LogP contribution in [0.15, 0.2) is 42.5 Å². The maximum absolute atomic E-state index is 12.4. The number of carbonyl (C=O) groups excluding carboxylic acids is 2. The van der Waals surface area contributed by atoms with E-state index in [-0.39, 0.29) is 24.5 Å². The Morgan fingerprint density at radius 1 is 0.867 bits per heavy atom. The van der Waals surface area contributed by atoms with Gasteiger partial charge in [-0.15, -0.1) is 0 Å². The van der Waals surface area contributed by atoms with Gasteiger partial charge in [-0.3, -0.25) is 14.5 Å². The number of nitrogens with one attached hydrogen (secondary N) is 1. The van der Waals surface area contributed by atoms with E-state index in [1.54, 1.807) is 18.2 Å². The summed E-state index contributed by atoms with van der Waals surface area (Å²) >= 11 is 0. The topological polar surface area (TPSA) is 67.9 Å². The molecule has 6 nitrogen and oxygen atoms in total. The molecule has 0 aliphatic carbocycles. The molecule has 2 aromatic carbocycles. The lowest BCUT2D eigenvalue weighted by molar-refractivity contribution is -0.121. The Kier molecular flexibility index (Phi) is 6.64. The largest absolute Gasteiger partial charge is 0.486 e. The summed E-state index contributed by atoms with van der Waals surface area (Å²) in [5.74, 6) is 1.04. The molecule has 0 unspecified atom stereocenters. The van der Waals surface area contributed by atoms with Crippen molar-refractivity contribution in [1.29, 1.82) is 0 Å². The summed E-state index contributed by atoms with van der Waals surface area (Å²) in [5.41, 5.74) is 2.91. The summed E-state index contributed by atoms with van der Waals surface area (Å²) in [5, 5.41) is 2.90. The molecule has 4 rings (SSSR count). The van der Waals surface area contributed by atoms with Crippen LogP contribution in [0.3, 0.4) is 0 Å². The number of ether oxygens (including phenoxy) is 2. The number of nitrogens with zero attached hydrogens (tertiary/aromatic N) is 1. The van der Waals surface area contributed by atoms with Crippen molar-refractivity contribution in [2.75, 3.05) is 26.3 Å². The van der Waals surface area contributed by atoms with Crippen LogP contribution in [0.5, 0.6) is 11.5 Å². The van der Waals surface area contributed by atoms with Crippen molar-refractivity contribution in [3.8, 4) is 11.5 Å². The molecule has 2 aromatic rings. The molecule has 2 heterocycles. The fourth-order valence-electron chi connectivity index (χ4n) is 3.84. The smallest absolute Gasteiger partial charge is 0.220 e. The summed E-state index contributed by atoms with van der Waals surface area (Å²) in [6, 6.07) is 13.5. The molecule has 0 saturated carbocycles. The average Bonchev–Trinajstić information content (AvgIpc) is 3.29. The highest BCUT2D eigenvalue weighted by atomic mass is 16.6. The first-order valence-electron chi connectivity index (χ1n) is 10.7. The van der Waals surface area contributed by atoms with Gasteiger partial charge in [-0.05, 0) is 55.3 Å². The second-order valence-electron chi connectivity index (χ2n) is 7.86. The van der Waals surface area contributed by atoms with Gasteiger partial charge in [0.25, 0.3) is 0 Å². The van der Waals surface area contributed by atoms with Gasteiger partial charge >= 0.3 is 0 Å². The lowest BCUT2D eigenvalue weighted by Gasteiger charge is -2.18. The first kappa shape index (κ1) is 20.4. The Morgan fingerprint density at radius 2 is 1.57 bits per heavy atom. The van der Waals surface area contributed by atoms with Crippen LogP contribution in [-0.4, -0.2) is 42.9 Å². The first-order chi connectivity index (χ1) is 14.7. The molecule has 30 heavy (non-hydrogen) atoms. The van der Waals surface area contributed by atoms with Crippen molar-refractivity contribution in [2.24, 2.45) is 0 Å². The van der Waals surface area contributed by atoms with Crippen LogP contribution in [-0.2, 0) is 17.9 Å². The zero-order valence-corrected chi connectivity index (χ0v) is 17.2. The summed E-state index contributed by atoms with van der Waals surface area (Å²) < 4.78 is 11.0. The predicted molar refractivity (Wildman–Crippen MR) is 114 cm³/mol. The van der Waals surface area contributed by atoms with E-state index in [1.807, 2.05) is 0 Å². The summed E-state index contributed by atoms with van der Waals surface area (Å²) in [4.78, 5) is 27.0. The molecule has 1 N–H and O–H groups in total. The third kappa shape index (κ3) is 5.39. The SMILES string of the molecule is O=C(CCC(=O)c1ccc2c(c1)OCCO2)NCc1ccc(CN2CCCC2)cc1. The van der Waals surface area contributed by atoms with Crippen molar-refractivity contribution in [2.45, 2.75) is 38.8 Å². The highest BCUT2D eigenvalue weighted by molar-refractivity contribution is 5.98. The van der Waals surface area contributed by atoms with Crippen molar-refractivity contribution >= 4 is 11.7 Å². The number of benzene rings is 2. The molecular weight excluding hydrogens is 380 g/mol. The van der Waals surface area contributed by atoms with E-state index < -0.39 is 0 Å². The van der Waals surface area contributed by atoms with E-state index in [0.29, 0.717) is 36.8 Å². The Balaban J connectivity index is 1.20. The Bertz CT molecular complexity index is 889. The quantitative estimate of drug-likeness (QED) is 0.679. The molecular formula is C24H28N2O4. The Labute approximate surface area is 177 Å². The number of hydrogen-bond donors (Lipinski definition) is 1. The molecule has 1 saturated heterocycles.